The van der Waals surface area contributed by atoms with Gasteiger partial charge in [-0.25, -0.2) is 0 Å². The summed E-state index contributed by atoms with van der Waals surface area (Å²) in [6.07, 6.45) is 0. The van der Waals surface area contributed by atoms with Gasteiger partial charge in [0.05, 0.1) is 0 Å². The number of piperazine rings is 1. The van der Waals surface area contributed by atoms with Crippen LogP contribution in [0.4, 0.5) is 0 Å². The van der Waals surface area contributed by atoms with Crippen molar-refractivity contribution in [1.82, 2.24) is 10.2 Å². The number of rotatable bonds is 4. The molecular weight excluding hydrogens is 292 g/mol. The van der Waals surface area contributed by atoms with Crippen molar-refractivity contribution in [3.63, 3.8) is 0 Å². The van der Waals surface area contributed by atoms with Crippen molar-refractivity contribution in [2.45, 2.75) is 25.6 Å². The van der Waals surface area contributed by atoms with Gasteiger partial charge in [0.25, 0.3) is 5.91 Å². The number of benzene rings is 1. The van der Waals surface area contributed by atoms with Gasteiger partial charge in [-0.15, -0.1) is 12.4 Å². The number of amides is 1. The molecule has 1 aliphatic heterocycles. The van der Waals surface area contributed by atoms with Crippen LogP contribution in [0.5, 0.6) is 0 Å². The highest BCUT2D eigenvalue weighted by Crippen LogP contribution is 2.15. The van der Waals surface area contributed by atoms with Crippen LogP contribution in [0.1, 0.15) is 29.8 Å². The molecule has 1 aromatic carbocycles. The highest BCUT2D eigenvalue weighted by Gasteiger charge is 2.23. The molecule has 0 aliphatic carbocycles. The molecule has 1 aromatic rings. The largest absolute Gasteiger partial charge is 0.333 e. The molecule has 0 spiro atoms. The van der Waals surface area contributed by atoms with Crippen LogP contribution in [-0.4, -0.2) is 42.2 Å². The summed E-state index contributed by atoms with van der Waals surface area (Å²) in [5.74, 6) is 2.30. The Balaban J connectivity index is 0.00000200. The monoisotopic (exact) mass is 314 g/mol. The van der Waals surface area contributed by atoms with E-state index in [2.05, 4.69) is 31.3 Å². The van der Waals surface area contributed by atoms with Gasteiger partial charge in [-0.3, -0.25) is 4.79 Å². The van der Waals surface area contributed by atoms with Crippen LogP contribution in [-0.2, 0) is 5.75 Å². The van der Waals surface area contributed by atoms with Crippen LogP contribution in [0.15, 0.2) is 24.3 Å². The first kappa shape index (κ1) is 17.3. The van der Waals surface area contributed by atoms with E-state index >= 15 is 0 Å². The van der Waals surface area contributed by atoms with Gasteiger partial charge in [0.2, 0.25) is 0 Å². The van der Waals surface area contributed by atoms with Gasteiger partial charge < -0.3 is 10.2 Å². The molecule has 1 aliphatic rings. The summed E-state index contributed by atoms with van der Waals surface area (Å²) in [7, 11) is 0. The quantitative estimate of drug-likeness (QED) is 0.927. The molecule has 1 fully saturated rings. The Morgan fingerprint density at radius 2 is 2.10 bits per heavy atom. The molecule has 1 heterocycles. The molecule has 0 radical (unpaired) electrons. The number of nitrogens with one attached hydrogen (secondary N) is 1. The third-order valence-electron chi connectivity index (χ3n) is 3.44. The highest BCUT2D eigenvalue weighted by molar-refractivity contribution is 7.98. The molecule has 0 saturated carbocycles. The number of thioether (sulfide) groups is 1. The first-order valence-corrected chi connectivity index (χ1v) is 8.06. The average Bonchev–Trinajstić information content (AvgIpc) is 2.45. The first-order valence-electron chi connectivity index (χ1n) is 6.90. The number of hydrogen-bond acceptors (Lipinski definition) is 3. The maximum absolute atomic E-state index is 12.4. The molecule has 0 bridgehead atoms. The number of nitrogens with zero attached hydrogens (tertiary/aromatic N) is 1. The van der Waals surface area contributed by atoms with E-state index in [-0.39, 0.29) is 24.4 Å². The Bertz CT molecular complexity index is 424. The minimum Gasteiger partial charge on any atom is -0.333 e. The lowest BCUT2D eigenvalue weighted by atomic mass is 10.1. The van der Waals surface area contributed by atoms with Crippen molar-refractivity contribution in [2.75, 3.05) is 25.4 Å². The Morgan fingerprint density at radius 3 is 2.70 bits per heavy atom. The summed E-state index contributed by atoms with van der Waals surface area (Å²) in [5.41, 5.74) is 2.09. The molecule has 1 N–H and O–H groups in total. The Labute approximate surface area is 131 Å². The summed E-state index contributed by atoms with van der Waals surface area (Å²) < 4.78 is 0. The van der Waals surface area contributed by atoms with Crippen LogP contribution in [0, 0.1) is 0 Å². The Kier molecular flexibility index (Phi) is 7.41. The van der Waals surface area contributed by atoms with Gasteiger partial charge in [-0.2, -0.15) is 11.8 Å². The SMILES string of the molecule is CCSCc1ccc(C(=O)N2CCNCC2C)cc1.Cl. The molecule has 1 saturated heterocycles. The van der Waals surface area contributed by atoms with Crippen LogP contribution >= 0.6 is 24.2 Å². The second-order valence-corrected chi connectivity index (χ2v) is 6.16. The summed E-state index contributed by atoms with van der Waals surface area (Å²) in [6, 6.07) is 8.34. The molecule has 0 aromatic heterocycles. The van der Waals surface area contributed by atoms with Crippen molar-refractivity contribution < 1.29 is 4.79 Å². The van der Waals surface area contributed by atoms with E-state index in [1.54, 1.807) is 0 Å². The van der Waals surface area contributed by atoms with Gasteiger partial charge in [-0.1, -0.05) is 19.1 Å². The number of halogens is 1. The van der Waals surface area contributed by atoms with Crippen molar-refractivity contribution in [3.05, 3.63) is 35.4 Å². The van der Waals surface area contributed by atoms with Gasteiger partial charge in [0.15, 0.2) is 0 Å². The first-order chi connectivity index (χ1) is 9.22. The van der Waals surface area contributed by atoms with Crippen molar-refractivity contribution >= 4 is 30.1 Å². The Morgan fingerprint density at radius 1 is 1.40 bits per heavy atom. The second-order valence-electron chi connectivity index (χ2n) is 4.89. The van der Waals surface area contributed by atoms with Crippen molar-refractivity contribution in [3.8, 4) is 0 Å². The predicted molar refractivity (Wildman–Crippen MR) is 88.9 cm³/mol. The van der Waals surface area contributed by atoms with E-state index in [9.17, 15) is 4.79 Å². The Hall–Kier alpha value is -0.710. The third-order valence-corrected chi connectivity index (χ3v) is 4.38. The number of carbonyl (C=O) groups excluding carboxylic acids is 1. The predicted octanol–water partition coefficient (Wildman–Crippen LogP) is 2.80. The maximum Gasteiger partial charge on any atom is 0.254 e. The summed E-state index contributed by atoms with van der Waals surface area (Å²) in [5, 5.41) is 3.31. The minimum absolute atomic E-state index is 0. The van der Waals surface area contributed by atoms with Gasteiger partial charge in [-0.05, 0) is 30.4 Å². The third kappa shape index (κ3) is 4.40. The standard InChI is InChI=1S/C15H22N2OS.ClH/c1-3-19-11-13-4-6-14(7-5-13)15(18)17-9-8-16-10-12(17)2;/h4-7,12,16H,3,8-11H2,1-2H3;1H. The lowest BCUT2D eigenvalue weighted by Crippen LogP contribution is -2.52. The number of hydrogen-bond donors (Lipinski definition) is 1. The van der Waals surface area contributed by atoms with E-state index in [0.29, 0.717) is 0 Å². The fraction of sp³-hybridized carbons (Fsp3) is 0.533. The molecule has 1 unspecified atom stereocenters. The van der Waals surface area contributed by atoms with Crippen molar-refractivity contribution in [1.29, 1.82) is 0 Å². The topological polar surface area (TPSA) is 32.3 Å². The van der Waals surface area contributed by atoms with E-state index in [1.807, 2.05) is 28.8 Å². The fourth-order valence-corrected chi connectivity index (χ4v) is 2.90. The van der Waals surface area contributed by atoms with Gasteiger partial charge in [0.1, 0.15) is 0 Å². The molecule has 5 heteroatoms. The molecule has 1 amide bonds. The average molecular weight is 315 g/mol. The second kappa shape index (κ2) is 8.55. The normalized spacial score (nSPS) is 18.5. The zero-order chi connectivity index (χ0) is 13.7. The lowest BCUT2D eigenvalue weighted by Gasteiger charge is -2.34. The molecule has 112 valence electrons. The summed E-state index contributed by atoms with van der Waals surface area (Å²) in [6.45, 7) is 6.83. The van der Waals surface area contributed by atoms with Gasteiger partial charge >= 0.3 is 0 Å². The van der Waals surface area contributed by atoms with Crippen molar-refractivity contribution in [2.24, 2.45) is 0 Å². The lowest BCUT2D eigenvalue weighted by molar-refractivity contribution is 0.0656. The van der Waals surface area contributed by atoms with E-state index in [4.69, 9.17) is 0 Å². The molecule has 2 rings (SSSR count). The zero-order valence-electron chi connectivity index (χ0n) is 12.1. The maximum atomic E-state index is 12.4. The molecule has 1 atom stereocenters. The van der Waals surface area contributed by atoms with E-state index in [1.165, 1.54) is 5.56 Å². The van der Waals surface area contributed by atoms with Gasteiger partial charge in [0, 0.05) is 37.0 Å². The van der Waals surface area contributed by atoms with E-state index < -0.39 is 0 Å². The van der Waals surface area contributed by atoms with Crippen LogP contribution in [0.3, 0.4) is 0 Å². The molecule has 3 nitrogen and oxygen atoms in total. The number of carbonyl (C=O) groups is 1. The molecular formula is C15H23ClN2OS. The summed E-state index contributed by atoms with van der Waals surface area (Å²) >= 11 is 1.90. The van der Waals surface area contributed by atoms with Crippen LogP contribution < -0.4 is 5.32 Å². The zero-order valence-corrected chi connectivity index (χ0v) is 13.7. The smallest absolute Gasteiger partial charge is 0.254 e. The summed E-state index contributed by atoms with van der Waals surface area (Å²) in [4.78, 5) is 14.4. The highest BCUT2D eigenvalue weighted by atomic mass is 35.5. The fourth-order valence-electron chi connectivity index (χ4n) is 2.27. The van der Waals surface area contributed by atoms with Crippen LogP contribution in [0.25, 0.3) is 0 Å². The van der Waals surface area contributed by atoms with Crippen LogP contribution in [0.2, 0.25) is 0 Å². The molecule has 20 heavy (non-hydrogen) atoms. The van der Waals surface area contributed by atoms with E-state index in [0.717, 1.165) is 36.7 Å². The minimum atomic E-state index is 0.